The van der Waals surface area contributed by atoms with Crippen molar-refractivity contribution in [3.05, 3.63) is 98.7 Å². The summed E-state index contributed by atoms with van der Waals surface area (Å²) in [5, 5.41) is 2.78. The molecule has 0 spiro atoms. The molecular weight excluding hydrogens is 510 g/mol. The molecule has 8 heteroatoms. The Hall–Kier alpha value is -3.07. The van der Waals surface area contributed by atoms with Gasteiger partial charge in [0.1, 0.15) is 4.88 Å². The van der Waals surface area contributed by atoms with Gasteiger partial charge in [0, 0.05) is 26.6 Å². The molecule has 0 unspecified atom stereocenters. The highest BCUT2D eigenvalue weighted by Gasteiger charge is 2.15. The lowest BCUT2D eigenvalue weighted by Crippen LogP contribution is -2.14. The molecule has 0 aliphatic carbocycles. The van der Waals surface area contributed by atoms with Crippen LogP contribution in [0.2, 0.25) is 0 Å². The summed E-state index contributed by atoms with van der Waals surface area (Å²) in [6, 6.07) is 22.8. The first-order valence-electron chi connectivity index (χ1n) is 9.52. The number of carbonyl (C=O) groups excluding carboxylic acids is 3. The van der Waals surface area contributed by atoms with Crippen LogP contribution in [0, 0.1) is 0 Å². The summed E-state index contributed by atoms with van der Waals surface area (Å²) in [5.41, 5.74) is 1.51. The summed E-state index contributed by atoms with van der Waals surface area (Å²) in [7, 11) is 0. The normalized spacial score (nSPS) is 10.5. The predicted octanol–water partition coefficient (Wildman–Crippen LogP) is 6.53. The maximum Gasteiger partial charge on any atom is 0.348 e. The number of amides is 1. The highest BCUT2D eigenvalue weighted by molar-refractivity contribution is 9.11. The number of hydrogen-bond donors (Lipinski definition) is 1. The SMILES string of the molecule is O=C(COC(=O)c1ccc(-c2ccc(Br)s2)s1)c1ccc(NC(=O)c2ccccc2)cc1. The zero-order valence-electron chi connectivity index (χ0n) is 16.5. The molecule has 0 radical (unpaired) electrons. The van der Waals surface area contributed by atoms with Gasteiger partial charge in [0.15, 0.2) is 12.4 Å². The summed E-state index contributed by atoms with van der Waals surface area (Å²) in [6.45, 7) is -0.355. The Morgan fingerprint density at radius 3 is 2.16 bits per heavy atom. The van der Waals surface area contributed by atoms with E-state index in [1.54, 1.807) is 65.9 Å². The van der Waals surface area contributed by atoms with Gasteiger partial charge in [0.25, 0.3) is 5.91 Å². The fourth-order valence-electron chi connectivity index (χ4n) is 2.84. The van der Waals surface area contributed by atoms with Crippen molar-refractivity contribution < 1.29 is 19.1 Å². The summed E-state index contributed by atoms with van der Waals surface area (Å²) in [5.74, 6) is -1.08. The van der Waals surface area contributed by atoms with Gasteiger partial charge in [-0.1, -0.05) is 18.2 Å². The van der Waals surface area contributed by atoms with Crippen LogP contribution in [-0.4, -0.2) is 24.3 Å². The third kappa shape index (κ3) is 5.40. The van der Waals surface area contributed by atoms with E-state index in [1.165, 1.54) is 11.3 Å². The number of ketones is 1. The van der Waals surface area contributed by atoms with Gasteiger partial charge in [0.2, 0.25) is 0 Å². The van der Waals surface area contributed by atoms with Gasteiger partial charge >= 0.3 is 5.97 Å². The Morgan fingerprint density at radius 2 is 1.47 bits per heavy atom. The average Bonchev–Trinajstić information content (AvgIpc) is 3.47. The Balaban J connectivity index is 1.31. The van der Waals surface area contributed by atoms with Crippen molar-refractivity contribution in [1.29, 1.82) is 0 Å². The molecule has 0 atom stereocenters. The number of benzene rings is 2. The largest absolute Gasteiger partial charge is 0.453 e. The van der Waals surface area contributed by atoms with E-state index in [-0.39, 0.29) is 18.3 Å². The van der Waals surface area contributed by atoms with Crippen LogP contribution in [0.25, 0.3) is 9.75 Å². The van der Waals surface area contributed by atoms with Crippen LogP contribution in [0.4, 0.5) is 5.69 Å². The van der Waals surface area contributed by atoms with Crippen LogP contribution in [-0.2, 0) is 4.74 Å². The number of Topliss-reactive ketones (excluding diaryl/α,β-unsaturated/α-hetero) is 1. The lowest BCUT2D eigenvalue weighted by atomic mass is 10.1. The maximum absolute atomic E-state index is 12.4. The summed E-state index contributed by atoms with van der Waals surface area (Å²) in [6.07, 6.45) is 0. The van der Waals surface area contributed by atoms with E-state index in [0.717, 1.165) is 13.5 Å². The van der Waals surface area contributed by atoms with Gasteiger partial charge in [-0.05, 0) is 76.6 Å². The topological polar surface area (TPSA) is 72.5 Å². The van der Waals surface area contributed by atoms with Crippen LogP contribution in [0.5, 0.6) is 0 Å². The Labute approximate surface area is 200 Å². The van der Waals surface area contributed by atoms with E-state index >= 15 is 0 Å². The minimum absolute atomic E-state index is 0.233. The second-order valence-electron chi connectivity index (χ2n) is 6.66. The zero-order valence-corrected chi connectivity index (χ0v) is 19.8. The number of esters is 1. The number of hydrogen-bond acceptors (Lipinski definition) is 6. The van der Waals surface area contributed by atoms with Gasteiger partial charge in [0.05, 0.1) is 3.79 Å². The van der Waals surface area contributed by atoms with Crippen LogP contribution < -0.4 is 5.32 Å². The van der Waals surface area contributed by atoms with Gasteiger partial charge in [-0.2, -0.15) is 0 Å². The van der Waals surface area contributed by atoms with Gasteiger partial charge in [-0.3, -0.25) is 9.59 Å². The molecule has 0 fully saturated rings. The molecule has 0 aliphatic rings. The van der Waals surface area contributed by atoms with Crippen molar-refractivity contribution in [3.63, 3.8) is 0 Å². The van der Waals surface area contributed by atoms with E-state index in [0.29, 0.717) is 21.7 Å². The molecule has 1 amide bonds. The number of anilines is 1. The van der Waals surface area contributed by atoms with Gasteiger partial charge in [-0.15, -0.1) is 22.7 Å². The van der Waals surface area contributed by atoms with Gasteiger partial charge < -0.3 is 10.1 Å². The minimum atomic E-state index is -0.531. The Morgan fingerprint density at radius 1 is 0.781 bits per heavy atom. The number of ether oxygens (including phenoxy) is 1. The smallest absolute Gasteiger partial charge is 0.348 e. The van der Waals surface area contributed by atoms with E-state index in [9.17, 15) is 14.4 Å². The average molecular weight is 526 g/mol. The summed E-state index contributed by atoms with van der Waals surface area (Å²) >= 11 is 6.33. The molecule has 0 bridgehead atoms. The summed E-state index contributed by atoms with van der Waals surface area (Å²) < 4.78 is 6.21. The third-order valence-electron chi connectivity index (χ3n) is 4.46. The van der Waals surface area contributed by atoms with Crippen LogP contribution >= 0.6 is 38.6 Å². The highest BCUT2D eigenvalue weighted by Crippen LogP contribution is 2.35. The molecule has 2 aromatic carbocycles. The first-order valence-corrected chi connectivity index (χ1v) is 11.9. The zero-order chi connectivity index (χ0) is 22.5. The lowest BCUT2D eigenvalue weighted by Gasteiger charge is -2.07. The van der Waals surface area contributed by atoms with Crippen LogP contribution in [0.15, 0.2) is 82.6 Å². The molecule has 160 valence electrons. The maximum atomic E-state index is 12.4. The lowest BCUT2D eigenvalue weighted by molar-refractivity contribution is 0.0479. The van der Waals surface area contributed by atoms with Crippen molar-refractivity contribution in [3.8, 4) is 9.75 Å². The molecular formula is C24H16BrNO4S2. The van der Waals surface area contributed by atoms with E-state index in [4.69, 9.17) is 4.74 Å². The number of nitrogens with one attached hydrogen (secondary N) is 1. The van der Waals surface area contributed by atoms with Crippen molar-refractivity contribution >= 4 is 62.0 Å². The first-order chi connectivity index (χ1) is 15.5. The second-order valence-corrected chi connectivity index (χ2v) is 10.2. The quantitative estimate of drug-likeness (QED) is 0.220. The molecule has 1 N–H and O–H groups in total. The van der Waals surface area contributed by atoms with Crippen molar-refractivity contribution in [2.45, 2.75) is 0 Å². The fraction of sp³-hybridized carbons (Fsp3) is 0.0417. The first kappa shape index (κ1) is 22.1. The fourth-order valence-corrected chi connectivity index (χ4v) is 5.22. The Kier molecular flexibility index (Phi) is 6.94. The van der Waals surface area contributed by atoms with Crippen LogP contribution in [0.3, 0.4) is 0 Å². The third-order valence-corrected chi connectivity index (χ3v) is 7.34. The predicted molar refractivity (Wildman–Crippen MR) is 131 cm³/mol. The Bertz CT molecular complexity index is 1260. The number of carbonyl (C=O) groups is 3. The van der Waals surface area contributed by atoms with Crippen molar-refractivity contribution in [1.82, 2.24) is 0 Å². The molecule has 0 aliphatic heterocycles. The molecule has 5 nitrogen and oxygen atoms in total. The molecule has 0 saturated heterocycles. The number of halogens is 1. The highest BCUT2D eigenvalue weighted by atomic mass is 79.9. The molecule has 32 heavy (non-hydrogen) atoms. The number of thiophene rings is 2. The molecule has 4 aromatic rings. The van der Waals surface area contributed by atoms with Gasteiger partial charge in [-0.25, -0.2) is 4.79 Å². The molecule has 0 saturated carbocycles. The van der Waals surface area contributed by atoms with E-state index in [2.05, 4.69) is 21.2 Å². The molecule has 2 heterocycles. The number of rotatable bonds is 7. The van der Waals surface area contributed by atoms with E-state index < -0.39 is 5.97 Å². The second kappa shape index (κ2) is 10.0. The minimum Gasteiger partial charge on any atom is -0.453 e. The molecule has 2 aromatic heterocycles. The summed E-state index contributed by atoms with van der Waals surface area (Å²) in [4.78, 5) is 39.4. The molecule has 4 rings (SSSR count). The standard InChI is InChI=1S/C24H16BrNO4S2/c25-22-13-12-20(32-22)19-10-11-21(31-19)24(29)30-14-18(27)15-6-8-17(9-7-15)26-23(28)16-4-2-1-3-5-16/h1-13H,14H2,(H,26,28). The van der Waals surface area contributed by atoms with Crippen molar-refractivity contribution in [2.24, 2.45) is 0 Å². The van der Waals surface area contributed by atoms with E-state index in [1.807, 2.05) is 24.3 Å². The monoisotopic (exact) mass is 525 g/mol. The van der Waals surface area contributed by atoms with Crippen LogP contribution in [0.1, 0.15) is 30.4 Å². The van der Waals surface area contributed by atoms with Crippen molar-refractivity contribution in [2.75, 3.05) is 11.9 Å².